The zero-order chi connectivity index (χ0) is 10.4. The summed E-state index contributed by atoms with van der Waals surface area (Å²) in [6, 6.07) is 5.80. The topological polar surface area (TPSA) is 59.1 Å². The number of aliphatic hydroxyl groups excluding tert-OH is 1. The number of hydrogen-bond acceptors (Lipinski definition) is 4. The van der Waals surface area contributed by atoms with Crippen LogP contribution in [0.3, 0.4) is 0 Å². The Hall–Kier alpha value is -1.13. The third-order valence-electron chi connectivity index (χ3n) is 2.89. The Kier molecular flexibility index (Phi) is 1.94. The molecule has 3 N–H and O–H groups in total. The summed E-state index contributed by atoms with van der Waals surface area (Å²) in [6.45, 7) is 0. The Morgan fingerprint density at radius 3 is 2.93 bits per heavy atom. The standard InChI is InChI=1S/C11H12N2OS/c12-7-1-2-9-10(5-7)15-11(13-9)6-3-8(14)4-6/h1-2,5-6,8,14H,3-4,12H2. The summed E-state index contributed by atoms with van der Waals surface area (Å²) >= 11 is 1.70. The van der Waals surface area contributed by atoms with E-state index in [1.54, 1.807) is 11.3 Å². The second kappa shape index (κ2) is 3.18. The molecule has 0 atom stereocenters. The van der Waals surface area contributed by atoms with Crippen LogP contribution in [0.2, 0.25) is 0 Å². The van der Waals surface area contributed by atoms with Crippen LogP contribution in [0.4, 0.5) is 5.69 Å². The van der Waals surface area contributed by atoms with Gasteiger partial charge < -0.3 is 10.8 Å². The minimum Gasteiger partial charge on any atom is -0.399 e. The number of thiazole rings is 1. The molecule has 2 aromatic rings. The van der Waals surface area contributed by atoms with Crippen molar-refractivity contribution < 1.29 is 5.11 Å². The van der Waals surface area contributed by atoms with Crippen LogP contribution < -0.4 is 5.73 Å². The first-order chi connectivity index (χ1) is 7.22. The molecule has 1 aromatic heterocycles. The van der Waals surface area contributed by atoms with Gasteiger partial charge in [0.15, 0.2) is 0 Å². The monoisotopic (exact) mass is 220 g/mol. The molecule has 78 valence electrons. The summed E-state index contributed by atoms with van der Waals surface area (Å²) in [7, 11) is 0. The number of aromatic nitrogens is 1. The molecule has 3 nitrogen and oxygen atoms in total. The molecule has 0 saturated heterocycles. The lowest BCUT2D eigenvalue weighted by Gasteiger charge is -2.29. The lowest BCUT2D eigenvalue weighted by atomic mass is 9.83. The predicted molar refractivity (Wildman–Crippen MR) is 62.0 cm³/mol. The van der Waals surface area contributed by atoms with Crippen LogP contribution in [0, 0.1) is 0 Å². The van der Waals surface area contributed by atoms with Crippen molar-refractivity contribution >= 4 is 27.2 Å². The van der Waals surface area contributed by atoms with Crippen LogP contribution >= 0.6 is 11.3 Å². The first kappa shape index (κ1) is 9.12. The van der Waals surface area contributed by atoms with Crippen LogP contribution in [0.15, 0.2) is 18.2 Å². The number of rotatable bonds is 1. The van der Waals surface area contributed by atoms with Gasteiger partial charge in [-0.25, -0.2) is 4.98 Å². The molecule has 1 saturated carbocycles. The second-order valence-electron chi connectivity index (χ2n) is 4.10. The highest BCUT2D eigenvalue weighted by Crippen LogP contribution is 2.40. The van der Waals surface area contributed by atoms with E-state index in [0.717, 1.165) is 33.8 Å². The van der Waals surface area contributed by atoms with Crippen molar-refractivity contribution in [1.29, 1.82) is 0 Å². The molecular formula is C11H12N2OS. The van der Waals surface area contributed by atoms with Gasteiger partial charge in [-0.15, -0.1) is 11.3 Å². The molecule has 0 radical (unpaired) electrons. The average molecular weight is 220 g/mol. The number of benzene rings is 1. The van der Waals surface area contributed by atoms with Crippen molar-refractivity contribution in [2.75, 3.05) is 5.73 Å². The van der Waals surface area contributed by atoms with E-state index in [-0.39, 0.29) is 6.10 Å². The fourth-order valence-electron chi connectivity index (χ4n) is 1.92. The highest BCUT2D eigenvalue weighted by atomic mass is 32.1. The predicted octanol–water partition coefficient (Wildman–Crippen LogP) is 2.12. The average Bonchev–Trinajstić information content (AvgIpc) is 2.55. The highest BCUT2D eigenvalue weighted by Gasteiger charge is 2.30. The van der Waals surface area contributed by atoms with Gasteiger partial charge in [0.1, 0.15) is 0 Å². The Morgan fingerprint density at radius 1 is 1.40 bits per heavy atom. The van der Waals surface area contributed by atoms with E-state index in [0.29, 0.717) is 5.92 Å². The summed E-state index contributed by atoms with van der Waals surface area (Å²) in [5.74, 6) is 0.457. The van der Waals surface area contributed by atoms with Gasteiger partial charge in [0.2, 0.25) is 0 Å². The summed E-state index contributed by atoms with van der Waals surface area (Å²) < 4.78 is 1.14. The molecule has 1 fully saturated rings. The van der Waals surface area contributed by atoms with E-state index in [4.69, 9.17) is 5.73 Å². The summed E-state index contributed by atoms with van der Waals surface area (Å²) in [4.78, 5) is 4.56. The first-order valence-electron chi connectivity index (χ1n) is 5.06. The summed E-state index contributed by atoms with van der Waals surface area (Å²) in [5.41, 5.74) is 7.52. The zero-order valence-electron chi connectivity index (χ0n) is 8.18. The van der Waals surface area contributed by atoms with Crippen LogP contribution in [0.25, 0.3) is 10.2 Å². The first-order valence-corrected chi connectivity index (χ1v) is 5.88. The maximum absolute atomic E-state index is 9.26. The Balaban J connectivity index is 1.99. The molecular weight excluding hydrogens is 208 g/mol. The van der Waals surface area contributed by atoms with Gasteiger partial charge in [0.05, 0.1) is 21.3 Å². The van der Waals surface area contributed by atoms with Gasteiger partial charge in [-0.3, -0.25) is 0 Å². The number of fused-ring (bicyclic) bond motifs is 1. The molecule has 3 rings (SSSR count). The Morgan fingerprint density at radius 2 is 2.20 bits per heavy atom. The molecule has 0 bridgehead atoms. The molecule has 1 heterocycles. The van der Waals surface area contributed by atoms with E-state index < -0.39 is 0 Å². The number of hydrogen-bond donors (Lipinski definition) is 2. The molecule has 15 heavy (non-hydrogen) atoms. The largest absolute Gasteiger partial charge is 0.399 e. The SMILES string of the molecule is Nc1ccc2nc(C3CC(O)C3)sc2c1. The van der Waals surface area contributed by atoms with E-state index >= 15 is 0 Å². The van der Waals surface area contributed by atoms with Gasteiger partial charge in [-0.1, -0.05) is 0 Å². The maximum atomic E-state index is 9.26. The number of anilines is 1. The minimum atomic E-state index is -0.118. The second-order valence-corrected chi connectivity index (χ2v) is 5.16. The molecule has 0 spiro atoms. The fourth-order valence-corrected chi connectivity index (χ4v) is 3.06. The van der Waals surface area contributed by atoms with Crippen molar-refractivity contribution in [1.82, 2.24) is 4.98 Å². The van der Waals surface area contributed by atoms with Crippen molar-refractivity contribution in [3.05, 3.63) is 23.2 Å². The quantitative estimate of drug-likeness (QED) is 0.724. The van der Waals surface area contributed by atoms with Gasteiger partial charge in [-0.2, -0.15) is 0 Å². The molecule has 0 amide bonds. The Labute approximate surface area is 91.6 Å². The minimum absolute atomic E-state index is 0.118. The number of aliphatic hydroxyl groups is 1. The van der Waals surface area contributed by atoms with Crippen LogP contribution in [-0.2, 0) is 0 Å². The third kappa shape index (κ3) is 1.50. The fraction of sp³-hybridized carbons (Fsp3) is 0.364. The Bertz CT molecular complexity index is 502. The lowest BCUT2D eigenvalue weighted by molar-refractivity contribution is 0.0746. The number of nitrogens with two attached hydrogens (primary N) is 1. The molecule has 1 aromatic carbocycles. The van der Waals surface area contributed by atoms with E-state index in [1.807, 2.05) is 18.2 Å². The van der Waals surface area contributed by atoms with Crippen LogP contribution in [0.5, 0.6) is 0 Å². The van der Waals surface area contributed by atoms with Crippen molar-refractivity contribution in [3.63, 3.8) is 0 Å². The molecule has 0 aliphatic heterocycles. The zero-order valence-corrected chi connectivity index (χ0v) is 9.00. The molecule has 1 aliphatic rings. The van der Waals surface area contributed by atoms with E-state index in [9.17, 15) is 5.11 Å². The van der Waals surface area contributed by atoms with Crippen molar-refractivity contribution in [2.24, 2.45) is 0 Å². The summed E-state index contributed by atoms with van der Waals surface area (Å²) in [5, 5.41) is 10.4. The van der Waals surface area contributed by atoms with E-state index in [2.05, 4.69) is 4.98 Å². The van der Waals surface area contributed by atoms with Gasteiger partial charge in [0.25, 0.3) is 0 Å². The van der Waals surface area contributed by atoms with Gasteiger partial charge in [0, 0.05) is 11.6 Å². The molecule has 4 heteroatoms. The van der Waals surface area contributed by atoms with E-state index in [1.165, 1.54) is 0 Å². The number of nitrogen functional groups attached to an aromatic ring is 1. The van der Waals surface area contributed by atoms with Crippen molar-refractivity contribution in [2.45, 2.75) is 24.9 Å². The third-order valence-corrected chi connectivity index (χ3v) is 4.07. The summed E-state index contributed by atoms with van der Waals surface area (Å²) in [6.07, 6.45) is 1.59. The lowest BCUT2D eigenvalue weighted by Crippen LogP contribution is -2.26. The normalized spacial score (nSPS) is 25.4. The highest BCUT2D eigenvalue weighted by molar-refractivity contribution is 7.18. The molecule has 0 unspecified atom stereocenters. The van der Waals surface area contributed by atoms with Crippen LogP contribution in [-0.4, -0.2) is 16.2 Å². The van der Waals surface area contributed by atoms with Gasteiger partial charge >= 0.3 is 0 Å². The smallest absolute Gasteiger partial charge is 0.0971 e. The van der Waals surface area contributed by atoms with Gasteiger partial charge in [-0.05, 0) is 31.0 Å². The van der Waals surface area contributed by atoms with Crippen LogP contribution in [0.1, 0.15) is 23.8 Å². The van der Waals surface area contributed by atoms with Crippen molar-refractivity contribution in [3.8, 4) is 0 Å². The maximum Gasteiger partial charge on any atom is 0.0971 e. The molecule has 1 aliphatic carbocycles. The number of nitrogens with zero attached hydrogens (tertiary/aromatic N) is 1.